The summed E-state index contributed by atoms with van der Waals surface area (Å²) in [5.74, 6) is 1.63. The maximum Gasteiger partial charge on any atom is 0.228 e. The van der Waals surface area contributed by atoms with Gasteiger partial charge in [0.2, 0.25) is 5.95 Å². The van der Waals surface area contributed by atoms with E-state index in [1.807, 2.05) is 29.0 Å². The highest BCUT2D eigenvalue weighted by atomic mass is 32.2. The minimum atomic E-state index is 0.719. The van der Waals surface area contributed by atoms with Crippen molar-refractivity contribution in [2.24, 2.45) is 0 Å². The van der Waals surface area contributed by atoms with Crippen LogP contribution in [0.1, 0.15) is 6.92 Å². The van der Waals surface area contributed by atoms with E-state index in [1.165, 1.54) is 11.8 Å². The van der Waals surface area contributed by atoms with E-state index >= 15 is 0 Å². The predicted molar refractivity (Wildman–Crippen MR) is 107 cm³/mol. The zero-order valence-electron chi connectivity index (χ0n) is 15.2. The van der Waals surface area contributed by atoms with E-state index in [-0.39, 0.29) is 0 Å². The number of ether oxygens (including phenoxy) is 1. The fourth-order valence-electron chi connectivity index (χ4n) is 3.12. The van der Waals surface area contributed by atoms with Crippen molar-refractivity contribution in [1.29, 1.82) is 0 Å². The maximum absolute atomic E-state index is 5.44. The summed E-state index contributed by atoms with van der Waals surface area (Å²) in [5.41, 5.74) is 1.73. The number of morpholine rings is 1. The third-order valence-corrected chi connectivity index (χ3v) is 6.12. The molecule has 0 N–H and O–H groups in total. The molecule has 28 heavy (non-hydrogen) atoms. The minimum absolute atomic E-state index is 0.719. The molecular formula is C17H18N8OS2. The molecule has 0 radical (unpaired) electrons. The van der Waals surface area contributed by atoms with Crippen molar-refractivity contribution < 1.29 is 4.74 Å². The molecule has 0 spiro atoms. The van der Waals surface area contributed by atoms with Crippen LogP contribution < -0.4 is 4.90 Å². The van der Waals surface area contributed by atoms with Gasteiger partial charge in [-0.15, -0.1) is 20.4 Å². The van der Waals surface area contributed by atoms with E-state index in [2.05, 4.69) is 36.8 Å². The number of nitrogens with zero attached hydrogens (tertiary/aromatic N) is 8. The van der Waals surface area contributed by atoms with Crippen LogP contribution in [0.5, 0.6) is 0 Å². The van der Waals surface area contributed by atoms with Gasteiger partial charge in [-0.25, -0.2) is 0 Å². The SMILES string of the molecule is CCn1c(Sc2ccc3nnc(-c4ccsc4)n3n2)nnc1N1CCOCC1. The van der Waals surface area contributed by atoms with Gasteiger partial charge in [-0.3, -0.25) is 4.57 Å². The molecule has 1 fully saturated rings. The van der Waals surface area contributed by atoms with Gasteiger partial charge in [-0.2, -0.15) is 21.0 Å². The number of hydrogen-bond donors (Lipinski definition) is 0. The molecule has 0 atom stereocenters. The molecular weight excluding hydrogens is 396 g/mol. The number of thiophene rings is 1. The first-order chi connectivity index (χ1) is 13.8. The van der Waals surface area contributed by atoms with Crippen LogP contribution in [-0.2, 0) is 11.3 Å². The molecule has 4 aromatic heterocycles. The molecule has 1 saturated heterocycles. The molecule has 144 valence electrons. The van der Waals surface area contributed by atoms with Crippen LogP contribution in [-0.4, -0.2) is 60.9 Å². The molecule has 0 saturated carbocycles. The zero-order valence-corrected chi connectivity index (χ0v) is 16.9. The Morgan fingerprint density at radius 3 is 2.79 bits per heavy atom. The van der Waals surface area contributed by atoms with Gasteiger partial charge in [-0.1, -0.05) is 0 Å². The molecule has 0 aliphatic carbocycles. The maximum atomic E-state index is 5.44. The molecule has 4 aromatic rings. The van der Waals surface area contributed by atoms with Crippen LogP contribution in [0.25, 0.3) is 17.0 Å². The van der Waals surface area contributed by atoms with Gasteiger partial charge in [0.15, 0.2) is 16.6 Å². The highest BCUT2D eigenvalue weighted by Gasteiger charge is 2.21. The summed E-state index contributed by atoms with van der Waals surface area (Å²) < 4.78 is 9.34. The smallest absolute Gasteiger partial charge is 0.228 e. The Bertz CT molecular complexity index is 1080. The summed E-state index contributed by atoms with van der Waals surface area (Å²) in [6.45, 7) is 5.99. The van der Waals surface area contributed by atoms with Gasteiger partial charge < -0.3 is 9.64 Å². The van der Waals surface area contributed by atoms with E-state index in [0.29, 0.717) is 0 Å². The number of rotatable bonds is 5. The second-order valence-electron chi connectivity index (χ2n) is 6.21. The van der Waals surface area contributed by atoms with Crippen molar-refractivity contribution in [3.05, 3.63) is 29.0 Å². The van der Waals surface area contributed by atoms with Gasteiger partial charge in [0.1, 0.15) is 5.03 Å². The lowest BCUT2D eigenvalue weighted by molar-refractivity contribution is 0.121. The first-order valence-electron chi connectivity index (χ1n) is 9.02. The van der Waals surface area contributed by atoms with E-state index in [4.69, 9.17) is 9.84 Å². The fraction of sp³-hybridized carbons (Fsp3) is 0.353. The van der Waals surface area contributed by atoms with Gasteiger partial charge in [0.25, 0.3) is 0 Å². The average Bonchev–Trinajstić information content (AvgIpc) is 3.47. The molecule has 9 nitrogen and oxygen atoms in total. The Hall–Kier alpha value is -2.50. The highest BCUT2D eigenvalue weighted by molar-refractivity contribution is 7.99. The van der Waals surface area contributed by atoms with E-state index in [1.54, 1.807) is 15.9 Å². The zero-order chi connectivity index (χ0) is 18.9. The van der Waals surface area contributed by atoms with Crippen molar-refractivity contribution in [3.63, 3.8) is 0 Å². The Labute approximate surface area is 169 Å². The molecule has 1 aliphatic rings. The summed E-state index contributed by atoms with van der Waals surface area (Å²) in [6, 6.07) is 5.88. The average molecular weight is 415 g/mol. The number of aromatic nitrogens is 7. The predicted octanol–water partition coefficient (Wildman–Crippen LogP) is 2.45. The fourth-order valence-corrected chi connectivity index (χ4v) is 4.60. The summed E-state index contributed by atoms with van der Waals surface area (Å²) in [7, 11) is 0. The monoisotopic (exact) mass is 414 g/mol. The van der Waals surface area contributed by atoms with Crippen LogP contribution in [0.3, 0.4) is 0 Å². The second-order valence-corrected chi connectivity index (χ2v) is 7.97. The molecule has 5 rings (SSSR count). The third kappa shape index (κ3) is 3.15. The van der Waals surface area contributed by atoms with Crippen molar-refractivity contribution >= 4 is 34.7 Å². The molecule has 5 heterocycles. The number of fused-ring (bicyclic) bond motifs is 1. The van der Waals surface area contributed by atoms with E-state index < -0.39 is 0 Å². The van der Waals surface area contributed by atoms with Gasteiger partial charge in [0, 0.05) is 30.6 Å². The Morgan fingerprint density at radius 1 is 1.11 bits per heavy atom. The third-order valence-electron chi connectivity index (χ3n) is 4.52. The summed E-state index contributed by atoms with van der Waals surface area (Å²) in [5, 5.41) is 27.8. The topological polar surface area (TPSA) is 86.3 Å². The molecule has 0 amide bonds. The van der Waals surface area contributed by atoms with Crippen LogP contribution >= 0.6 is 23.1 Å². The van der Waals surface area contributed by atoms with Crippen molar-refractivity contribution in [1.82, 2.24) is 34.6 Å². The normalized spacial score (nSPS) is 14.8. The van der Waals surface area contributed by atoms with Gasteiger partial charge in [-0.05, 0) is 42.3 Å². The van der Waals surface area contributed by atoms with Crippen LogP contribution in [0, 0.1) is 0 Å². The molecule has 1 aliphatic heterocycles. The second kappa shape index (κ2) is 7.49. The lowest BCUT2D eigenvalue weighted by atomic mass is 10.3. The standard InChI is InChI=1S/C17H18N8OS2/c1-2-24-16(23-6-8-26-9-7-23)20-21-17(24)28-14-4-3-13-18-19-15(25(13)22-14)12-5-10-27-11-12/h3-5,10-11H,2,6-9H2,1H3. The van der Waals surface area contributed by atoms with Crippen LogP contribution in [0.2, 0.25) is 0 Å². The minimum Gasteiger partial charge on any atom is -0.378 e. The molecule has 0 aromatic carbocycles. The van der Waals surface area contributed by atoms with Crippen molar-refractivity contribution in [2.75, 3.05) is 31.2 Å². The van der Waals surface area contributed by atoms with Crippen LogP contribution in [0.15, 0.2) is 39.1 Å². The molecule has 0 bridgehead atoms. The Kier molecular flexibility index (Phi) is 4.71. The summed E-state index contributed by atoms with van der Waals surface area (Å²) in [6.07, 6.45) is 0. The molecule has 11 heteroatoms. The largest absolute Gasteiger partial charge is 0.378 e. The van der Waals surface area contributed by atoms with Gasteiger partial charge >= 0.3 is 0 Å². The van der Waals surface area contributed by atoms with Crippen molar-refractivity contribution in [3.8, 4) is 11.4 Å². The Balaban J connectivity index is 1.47. The lowest BCUT2D eigenvalue weighted by Crippen LogP contribution is -2.38. The van der Waals surface area contributed by atoms with Gasteiger partial charge in [0.05, 0.1) is 13.2 Å². The summed E-state index contributed by atoms with van der Waals surface area (Å²) in [4.78, 5) is 2.22. The first-order valence-corrected chi connectivity index (χ1v) is 10.8. The van der Waals surface area contributed by atoms with E-state index in [9.17, 15) is 0 Å². The lowest BCUT2D eigenvalue weighted by Gasteiger charge is -2.27. The van der Waals surface area contributed by atoms with Crippen LogP contribution in [0.4, 0.5) is 5.95 Å². The van der Waals surface area contributed by atoms with Crippen molar-refractivity contribution in [2.45, 2.75) is 23.7 Å². The number of hydrogen-bond acceptors (Lipinski definition) is 9. The highest BCUT2D eigenvalue weighted by Crippen LogP contribution is 2.29. The van der Waals surface area contributed by atoms with E-state index in [0.717, 1.165) is 66.0 Å². The first kappa shape index (κ1) is 17.6. The quantitative estimate of drug-likeness (QED) is 0.492. The number of anilines is 1. The summed E-state index contributed by atoms with van der Waals surface area (Å²) >= 11 is 3.12. The molecule has 0 unspecified atom stereocenters. The Morgan fingerprint density at radius 2 is 2.00 bits per heavy atom.